The Morgan fingerprint density at radius 3 is 2.59 bits per heavy atom. The summed E-state index contributed by atoms with van der Waals surface area (Å²) in [6, 6.07) is 14.1. The first-order valence-electron chi connectivity index (χ1n) is 8.34. The van der Waals surface area contributed by atoms with Crippen LogP contribution in [0, 0.1) is 6.92 Å². The number of nitrogens with one attached hydrogen (secondary N) is 1. The highest BCUT2D eigenvalue weighted by Gasteiger charge is 2.30. The Labute approximate surface area is 155 Å². The Kier molecular flexibility index (Phi) is 5.71. The second-order valence-corrected chi connectivity index (χ2v) is 5.97. The summed E-state index contributed by atoms with van der Waals surface area (Å²) < 4.78 is 44.2. The van der Waals surface area contributed by atoms with Crippen molar-refractivity contribution in [3.63, 3.8) is 0 Å². The Hall–Kier alpha value is -2.93. The molecule has 4 nitrogen and oxygen atoms in total. The second kappa shape index (κ2) is 8.18. The van der Waals surface area contributed by atoms with E-state index in [-0.39, 0.29) is 11.6 Å². The molecule has 0 bridgehead atoms. The highest BCUT2D eigenvalue weighted by molar-refractivity contribution is 5.35. The van der Waals surface area contributed by atoms with Crippen LogP contribution in [0.25, 0.3) is 0 Å². The van der Waals surface area contributed by atoms with Crippen LogP contribution in [0.4, 0.5) is 13.2 Å². The van der Waals surface area contributed by atoms with Gasteiger partial charge in [0.25, 0.3) is 0 Å². The fraction of sp³-hybridized carbons (Fsp3) is 0.200. The number of rotatable bonds is 6. The minimum absolute atomic E-state index is 0.0881. The molecule has 3 rings (SSSR count). The number of hydrogen-bond acceptors (Lipinski definition) is 4. The van der Waals surface area contributed by atoms with Crippen LogP contribution in [0.15, 0.2) is 60.8 Å². The Morgan fingerprint density at radius 1 is 1.00 bits per heavy atom. The lowest BCUT2D eigenvalue weighted by Crippen LogP contribution is -2.14. The van der Waals surface area contributed by atoms with Crippen LogP contribution in [-0.4, -0.2) is 9.97 Å². The van der Waals surface area contributed by atoms with Crippen molar-refractivity contribution < 1.29 is 17.9 Å². The first-order chi connectivity index (χ1) is 12.9. The molecule has 0 aliphatic carbocycles. The molecule has 27 heavy (non-hydrogen) atoms. The summed E-state index contributed by atoms with van der Waals surface area (Å²) in [7, 11) is 0. The summed E-state index contributed by atoms with van der Waals surface area (Å²) in [5, 5.41) is 3.24. The van der Waals surface area contributed by atoms with Gasteiger partial charge in [0.1, 0.15) is 5.75 Å². The van der Waals surface area contributed by atoms with Crippen LogP contribution >= 0.6 is 0 Å². The molecule has 0 spiro atoms. The van der Waals surface area contributed by atoms with E-state index in [0.29, 0.717) is 13.1 Å². The van der Waals surface area contributed by atoms with Gasteiger partial charge in [-0.15, -0.1) is 0 Å². The van der Waals surface area contributed by atoms with Gasteiger partial charge in [-0.3, -0.25) is 4.98 Å². The van der Waals surface area contributed by atoms with Crippen LogP contribution in [0.1, 0.15) is 22.5 Å². The Balaban J connectivity index is 1.69. The zero-order valence-electron chi connectivity index (χ0n) is 14.6. The van der Waals surface area contributed by atoms with E-state index in [2.05, 4.69) is 15.3 Å². The topological polar surface area (TPSA) is 47.0 Å². The number of benzene rings is 1. The molecule has 1 N–H and O–H groups in total. The second-order valence-electron chi connectivity index (χ2n) is 5.97. The van der Waals surface area contributed by atoms with E-state index in [9.17, 15) is 13.2 Å². The molecule has 2 aromatic heterocycles. The zero-order chi connectivity index (χ0) is 19.3. The van der Waals surface area contributed by atoms with Crippen LogP contribution in [0.5, 0.6) is 11.6 Å². The molecule has 140 valence electrons. The van der Waals surface area contributed by atoms with E-state index in [1.165, 1.54) is 18.3 Å². The summed E-state index contributed by atoms with van der Waals surface area (Å²) in [5.74, 6) is 0.353. The molecule has 7 heteroatoms. The number of hydrogen-bond donors (Lipinski definition) is 1. The molecule has 1 aromatic carbocycles. The van der Waals surface area contributed by atoms with Crippen molar-refractivity contribution in [1.29, 1.82) is 0 Å². The maximum Gasteiger partial charge on any atom is 0.416 e. The van der Waals surface area contributed by atoms with Gasteiger partial charge in [0.05, 0.1) is 11.3 Å². The highest BCUT2D eigenvalue weighted by Crippen LogP contribution is 2.32. The summed E-state index contributed by atoms with van der Waals surface area (Å²) >= 11 is 0. The molecular weight excluding hydrogens is 355 g/mol. The predicted octanol–water partition coefficient (Wildman–Crippen LogP) is 4.89. The zero-order valence-corrected chi connectivity index (χ0v) is 14.6. The number of aromatic nitrogens is 2. The number of ether oxygens (including phenoxy) is 1. The lowest BCUT2D eigenvalue weighted by Gasteiger charge is -2.12. The third-order valence-electron chi connectivity index (χ3n) is 3.79. The Morgan fingerprint density at radius 2 is 1.81 bits per heavy atom. The lowest BCUT2D eigenvalue weighted by atomic mass is 10.2. The fourth-order valence-electron chi connectivity index (χ4n) is 2.52. The van der Waals surface area contributed by atoms with Crippen molar-refractivity contribution in [3.05, 3.63) is 83.3 Å². The molecule has 0 aliphatic rings. The number of halogens is 3. The van der Waals surface area contributed by atoms with Crippen LogP contribution < -0.4 is 10.1 Å². The van der Waals surface area contributed by atoms with Gasteiger partial charge in [0, 0.05) is 30.5 Å². The number of aryl methyl sites for hydroxylation is 1. The maximum atomic E-state index is 12.9. The minimum atomic E-state index is -4.42. The van der Waals surface area contributed by atoms with Gasteiger partial charge in [0.2, 0.25) is 5.88 Å². The molecule has 0 fully saturated rings. The third kappa shape index (κ3) is 5.27. The summed E-state index contributed by atoms with van der Waals surface area (Å²) in [6.45, 7) is 2.92. The van der Waals surface area contributed by atoms with Gasteiger partial charge in [-0.05, 0) is 43.3 Å². The van der Waals surface area contributed by atoms with E-state index in [1.54, 1.807) is 6.07 Å². The largest absolute Gasteiger partial charge is 0.439 e. The van der Waals surface area contributed by atoms with Crippen molar-refractivity contribution in [3.8, 4) is 11.6 Å². The molecule has 2 heterocycles. The highest BCUT2D eigenvalue weighted by atomic mass is 19.4. The smallest absolute Gasteiger partial charge is 0.416 e. The van der Waals surface area contributed by atoms with Gasteiger partial charge in [-0.2, -0.15) is 13.2 Å². The summed E-state index contributed by atoms with van der Waals surface area (Å²) in [6.07, 6.45) is -2.89. The average molecular weight is 373 g/mol. The molecule has 3 aromatic rings. The van der Waals surface area contributed by atoms with E-state index in [0.717, 1.165) is 29.1 Å². The monoisotopic (exact) mass is 373 g/mol. The number of pyridine rings is 2. The molecule has 0 radical (unpaired) electrons. The first kappa shape index (κ1) is 18.8. The van der Waals surface area contributed by atoms with Gasteiger partial charge >= 0.3 is 6.18 Å². The van der Waals surface area contributed by atoms with E-state index >= 15 is 0 Å². The Bertz CT molecular complexity index is 913. The van der Waals surface area contributed by atoms with Gasteiger partial charge in [-0.1, -0.05) is 18.2 Å². The number of alkyl halides is 3. The normalized spacial score (nSPS) is 11.4. The van der Waals surface area contributed by atoms with E-state index < -0.39 is 11.7 Å². The summed E-state index contributed by atoms with van der Waals surface area (Å²) in [4.78, 5) is 8.56. The molecule has 0 atom stereocenters. The minimum Gasteiger partial charge on any atom is -0.439 e. The van der Waals surface area contributed by atoms with Crippen LogP contribution in [0.2, 0.25) is 0 Å². The number of nitrogens with zero attached hydrogens (tertiary/aromatic N) is 2. The van der Waals surface area contributed by atoms with Crippen molar-refractivity contribution in [2.45, 2.75) is 26.2 Å². The van der Waals surface area contributed by atoms with E-state index in [4.69, 9.17) is 4.74 Å². The van der Waals surface area contributed by atoms with Crippen molar-refractivity contribution in [2.75, 3.05) is 0 Å². The quantitative estimate of drug-likeness (QED) is 0.669. The molecule has 0 saturated heterocycles. The molecule has 0 saturated carbocycles. The predicted molar refractivity (Wildman–Crippen MR) is 95.3 cm³/mol. The average Bonchev–Trinajstić information content (AvgIpc) is 2.63. The SMILES string of the molecule is Cc1cccc(CNCc2cccnc2Oc2cccc(C(F)(F)F)c2)n1. The van der Waals surface area contributed by atoms with Crippen molar-refractivity contribution in [2.24, 2.45) is 0 Å². The van der Waals surface area contributed by atoms with Gasteiger partial charge < -0.3 is 10.1 Å². The first-order valence-corrected chi connectivity index (χ1v) is 8.34. The van der Waals surface area contributed by atoms with Gasteiger partial charge in [-0.25, -0.2) is 4.98 Å². The standard InChI is InChI=1S/C20H18F3N3O/c1-14-5-2-8-17(26-14)13-24-12-15-6-4-10-25-19(15)27-18-9-3-7-16(11-18)20(21,22)23/h2-11,24H,12-13H2,1H3. The molecule has 0 amide bonds. The third-order valence-corrected chi connectivity index (χ3v) is 3.79. The van der Waals surface area contributed by atoms with Crippen molar-refractivity contribution >= 4 is 0 Å². The van der Waals surface area contributed by atoms with Crippen LogP contribution in [0.3, 0.4) is 0 Å². The molecular formula is C20H18F3N3O. The van der Waals surface area contributed by atoms with E-state index in [1.807, 2.05) is 31.2 Å². The van der Waals surface area contributed by atoms with Crippen LogP contribution in [-0.2, 0) is 19.3 Å². The molecule has 0 unspecified atom stereocenters. The molecule has 0 aliphatic heterocycles. The fourth-order valence-corrected chi connectivity index (χ4v) is 2.52. The van der Waals surface area contributed by atoms with Crippen molar-refractivity contribution in [1.82, 2.24) is 15.3 Å². The maximum absolute atomic E-state index is 12.9. The van der Waals surface area contributed by atoms with Gasteiger partial charge in [0.15, 0.2) is 0 Å². The lowest BCUT2D eigenvalue weighted by molar-refractivity contribution is -0.137. The summed E-state index contributed by atoms with van der Waals surface area (Å²) in [5.41, 5.74) is 1.81.